The number of benzene rings is 1. The van der Waals surface area contributed by atoms with Gasteiger partial charge in [0.05, 0.1) is 22.1 Å². The van der Waals surface area contributed by atoms with Gasteiger partial charge in [-0.1, -0.05) is 6.07 Å². The van der Waals surface area contributed by atoms with Crippen LogP contribution in [0.4, 0.5) is 0 Å². The first-order chi connectivity index (χ1) is 9.20. The first-order valence-electron chi connectivity index (χ1n) is 5.82. The number of nitrogens with one attached hydrogen (secondary N) is 1. The molecule has 3 aromatic rings. The van der Waals surface area contributed by atoms with Crippen molar-refractivity contribution in [1.82, 2.24) is 4.98 Å². The van der Waals surface area contributed by atoms with E-state index in [1.807, 2.05) is 25.1 Å². The Labute approximate surface area is 114 Å². The predicted octanol–water partition coefficient (Wildman–Crippen LogP) is 3.64. The second kappa shape index (κ2) is 4.38. The molecule has 0 aliphatic heterocycles. The number of fused-ring (bicyclic) bond motifs is 1. The average Bonchev–Trinajstić information content (AvgIpc) is 3.03. The number of carbonyl (C=O) groups is 1. The number of aromatic nitrogens is 1. The number of rotatable bonds is 2. The zero-order chi connectivity index (χ0) is 13.4. The highest BCUT2D eigenvalue weighted by molar-refractivity contribution is 7.14. The Morgan fingerprint density at radius 1 is 1.32 bits per heavy atom. The topological polar surface area (TPSA) is 56.6 Å². The molecule has 0 saturated heterocycles. The maximum Gasteiger partial charge on any atom is 0.205 e. The first kappa shape index (κ1) is 11.7. The maximum absolute atomic E-state index is 12.5. The third kappa shape index (κ3) is 1.85. The fourth-order valence-electron chi connectivity index (χ4n) is 2.15. The van der Waals surface area contributed by atoms with Gasteiger partial charge in [0.1, 0.15) is 0 Å². The van der Waals surface area contributed by atoms with Crippen LogP contribution in [0.2, 0.25) is 0 Å². The summed E-state index contributed by atoms with van der Waals surface area (Å²) in [4.78, 5) is 17.3. The largest absolute Gasteiger partial charge is 0.360 e. The monoisotopic (exact) mass is 266 g/mol. The lowest BCUT2D eigenvalue weighted by atomic mass is 10.0. The van der Waals surface area contributed by atoms with E-state index in [1.165, 1.54) is 11.3 Å². The van der Waals surface area contributed by atoms with Crippen molar-refractivity contribution in [3.63, 3.8) is 0 Å². The second-order valence-corrected chi connectivity index (χ2v) is 5.57. The molecule has 92 valence electrons. The van der Waals surface area contributed by atoms with E-state index in [4.69, 9.17) is 5.26 Å². The van der Waals surface area contributed by atoms with Crippen LogP contribution in [0.25, 0.3) is 10.9 Å². The van der Waals surface area contributed by atoms with E-state index in [9.17, 15) is 4.79 Å². The van der Waals surface area contributed by atoms with E-state index in [0.29, 0.717) is 21.4 Å². The van der Waals surface area contributed by atoms with Crippen LogP contribution < -0.4 is 0 Å². The third-order valence-electron chi connectivity index (χ3n) is 3.04. The fraction of sp³-hybridized carbons (Fsp3) is 0.0667. The predicted molar refractivity (Wildman–Crippen MR) is 75.5 cm³/mol. The highest BCUT2D eigenvalue weighted by Gasteiger charge is 2.17. The Morgan fingerprint density at radius 2 is 2.16 bits per heavy atom. The quantitative estimate of drug-likeness (QED) is 0.720. The zero-order valence-corrected chi connectivity index (χ0v) is 11.0. The van der Waals surface area contributed by atoms with Gasteiger partial charge in [-0.05, 0) is 31.2 Å². The van der Waals surface area contributed by atoms with Crippen molar-refractivity contribution in [3.05, 3.63) is 57.4 Å². The summed E-state index contributed by atoms with van der Waals surface area (Å²) in [6, 6.07) is 11.3. The third-order valence-corrected chi connectivity index (χ3v) is 4.03. The smallest absolute Gasteiger partial charge is 0.205 e. The Kier molecular flexibility index (Phi) is 2.69. The highest BCUT2D eigenvalue weighted by Crippen LogP contribution is 2.26. The van der Waals surface area contributed by atoms with E-state index < -0.39 is 0 Å². The molecule has 0 aliphatic carbocycles. The minimum absolute atomic E-state index is 0.0351. The molecule has 0 unspecified atom stereocenters. The van der Waals surface area contributed by atoms with Gasteiger partial charge in [-0.3, -0.25) is 4.79 Å². The number of H-pyrrole nitrogens is 1. The molecular weight excluding hydrogens is 256 g/mol. The lowest BCUT2D eigenvalue weighted by Gasteiger charge is -1.98. The van der Waals surface area contributed by atoms with Crippen molar-refractivity contribution in [2.45, 2.75) is 6.92 Å². The van der Waals surface area contributed by atoms with Crippen LogP contribution in [-0.4, -0.2) is 10.8 Å². The normalized spacial score (nSPS) is 10.5. The van der Waals surface area contributed by atoms with Gasteiger partial charge in [0.2, 0.25) is 5.78 Å². The molecule has 2 aromatic heterocycles. The molecule has 19 heavy (non-hydrogen) atoms. The molecule has 0 bridgehead atoms. The van der Waals surface area contributed by atoms with Gasteiger partial charge < -0.3 is 4.98 Å². The summed E-state index contributed by atoms with van der Waals surface area (Å²) >= 11 is 1.47. The van der Waals surface area contributed by atoms with Crippen LogP contribution in [0.15, 0.2) is 36.5 Å². The number of carbonyl (C=O) groups excluding carboxylic acids is 1. The minimum Gasteiger partial charge on any atom is -0.360 e. The van der Waals surface area contributed by atoms with Gasteiger partial charge >= 0.3 is 0 Å². The van der Waals surface area contributed by atoms with Gasteiger partial charge in [0.25, 0.3) is 0 Å². The molecule has 0 radical (unpaired) electrons. The van der Waals surface area contributed by atoms with Gasteiger partial charge in [0, 0.05) is 22.0 Å². The second-order valence-electron chi connectivity index (χ2n) is 4.28. The first-order valence-corrected chi connectivity index (χ1v) is 6.63. The van der Waals surface area contributed by atoms with Crippen LogP contribution in [0, 0.1) is 18.3 Å². The van der Waals surface area contributed by atoms with Crippen LogP contribution in [-0.2, 0) is 0 Å². The van der Waals surface area contributed by atoms with Gasteiger partial charge in [-0.15, -0.1) is 11.3 Å². The number of nitriles is 1. The number of hydrogen-bond acceptors (Lipinski definition) is 3. The van der Waals surface area contributed by atoms with Crippen LogP contribution in [0.1, 0.15) is 25.7 Å². The molecule has 0 fully saturated rings. The summed E-state index contributed by atoms with van der Waals surface area (Å²) in [7, 11) is 0. The Hall–Kier alpha value is -2.38. The van der Waals surface area contributed by atoms with E-state index >= 15 is 0 Å². The van der Waals surface area contributed by atoms with Crippen molar-refractivity contribution >= 4 is 28.0 Å². The van der Waals surface area contributed by atoms with Crippen molar-refractivity contribution < 1.29 is 4.79 Å². The van der Waals surface area contributed by atoms with Gasteiger partial charge in [0.15, 0.2) is 0 Å². The zero-order valence-electron chi connectivity index (χ0n) is 10.2. The summed E-state index contributed by atoms with van der Waals surface area (Å²) in [6.45, 7) is 1.97. The van der Waals surface area contributed by atoms with Gasteiger partial charge in [-0.25, -0.2) is 0 Å². The van der Waals surface area contributed by atoms with Crippen molar-refractivity contribution in [2.75, 3.05) is 0 Å². The molecule has 4 heteroatoms. The van der Waals surface area contributed by atoms with E-state index in [0.717, 1.165) is 10.4 Å². The van der Waals surface area contributed by atoms with E-state index in [1.54, 1.807) is 18.3 Å². The number of nitrogens with zero attached hydrogens (tertiary/aromatic N) is 1. The van der Waals surface area contributed by atoms with Crippen LogP contribution in [0.3, 0.4) is 0 Å². The fourth-order valence-corrected chi connectivity index (χ4v) is 2.97. The Balaban J connectivity index is 2.21. The number of ketones is 1. The lowest BCUT2D eigenvalue weighted by molar-refractivity contribution is 0.104. The number of aromatic amines is 1. The highest BCUT2D eigenvalue weighted by atomic mass is 32.1. The van der Waals surface area contributed by atoms with Crippen LogP contribution in [0.5, 0.6) is 0 Å². The average molecular weight is 266 g/mol. The summed E-state index contributed by atoms with van der Waals surface area (Å²) in [6.07, 6.45) is 1.68. The standard InChI is InChI=1S/C15H10N2OS/c1-9-5-6-13(19-9)15(18)11-8-17-12-4-2-3-10(7-16)14(11)12/h2-6,8,17H,1H3. The molecule has 0 aliphatic rings. The van der Waals surface area contributed by atoms with Crippen molar-refractivity contribution in [1.29, 1.82) is 5.26 Å². The summed E-state index contributed by atoms with van der Waals surface area (Å²) < 4.78 is 0. The molecule has 0 spiro atoms. The Morgan fingerprint density at radius 3 is 2.84 bits per heavy atom. The molecule has 0 saturated carbocycles. The van der Waals surface area contributed by atoms with E-state index in [-0.39, 0.29) is 5.78 Å². The molecule has 1 N–H and O–H groups in total. The molecule has 2 heterocycles. The number of hydrogen-bond donors (Lipinski definition) is 1. The van der Waals surface area contributed by atoms with E-state index in [2.05, 4.69) is 11.1 Å². The summed E-state index contributed by atoms with van der Waals surface area (Å²) in [5.41, 5.74) is 1.90. The van der Waals surface area contributed by atoms with Gasteiger partial charge in [-0.2, -0.15) is 5.26 Å². The number of thiophene rings is 1. The molecular formula is C15H10N2OS. The summed E-state index contributed by atoms with van der Waals surface area (Å²) in [5, 5.41) is 9.87. The SMILES string of the molecule is Cc1ccc(C(=O)c2c[nH]c3cccc(C#N)c23)s1. The lowest BCUT2D eigenvalue weighted by Crippen LogP contribution is -1.97. The molecule has 1 aromatic carbocycles. The van der Waals surface area contributed by atoms with Crippen molar-refractivity contribution in [2.24, 2.45) is 0 Å². The minimum atomic E-state index is -0.0351. The molecule has 3 rings (SSSR count). The number of aryl methyl sites for hydroxylation is 1. The molecule has 3 nitrogen and oxygen atoms in total. The Bertz CT molecular complexity index is 820. The maximum atomic E-state index is 12.5. The molecule has 0 atom stereocenters. The molecule has 0 amide bonds. The van der Waals surface area contributed by atoms with Crippen molar-refractivity contribution in [3.8, 4) is 6.07 Å². The van der Waals surface area contributed by atoms with Crippen LogP contribution >= 0.6 is 11.3 Å². The summed E-state index contributed by atoms with van der Waals surface area (Å²) in [5.74, 6) is -0.0351.